The zero-order valence-corrected chi connectivity index (χ0v) is 18.3. The Hall–Kier alpha value is -3.05. The largest absolute Gasteiger partial charge is 0.480 e. The van der Waals surface area contributed by atoms with Gasteiger partial charge in [0.15, 0.2) is 0 Å². The molecule has 0 radical (unpaired) electrons. The van der Waals surface area contributed by atoms with Crippen LogP contribution in [0.2, 0.25) is 0 Å². The van der Waals surface area contributed by atoms with Gasteiger partial charge in [0.25, 0.3) is 0 Å². The Balaban J connectivity index is 1.68. The number of carboxylic acids is 1. The molecule has 1 saturated heterocycles. The Morgan fingerprint density at radius 1 is 1.12 bits per heavy atom. The summed E-state index contributed by atoms with van der Waals surface area (Å²) in [6, 6.07) is 3.02. The van der Waals surface area contributed by atoms with E-state index in [9.17, 15) is 9.90 Å². The fourth-order valence-corrected chi connectivity index (χ4v) is 3.52. The molecule has 2 aromatic heterocycles. The summed E-state index contributed by atoms with van der Waals surface area (Å²) in [4.78, 5) is 31.4. The van der Waals surface area contributed by atoms with Crippen molar-refractivity contribution in [2.75, 3.05) is 48.7 Å². The monoisotopic (exact) mass is 443 g/mol. The fraction of sp³-hybridized carbons (Fsp3) is 0.571. The van der Waals surface area contributed by atoms with Crippen LogP contribution in [0.25, 0.3) is 0 Å². The van der Waals surface area contributed by atoms with E-state index in [1.54, 1.807) is 12.4 Å². The van der Waals surface area contributed by atoms with Crippen LogP contribution in [0.4, 0.5) is 17.8 Å². The highest BCUT2D eigenvalue weighted by Gasteiger charge is 2.19. The minimum absolute atomic E-state index is 0.220. The van der Waals surface area contributed by atoms with Crippen molar-refractivity contribution >= 4 is 23.8 Å². The predicted octanol–water partition coefficient (Wildman–Crippen LogP) is 1.38. The summed E-state index contributed by atoms with van der Waals surface area (Å²) in [6.45, 7) is 4.86. The Morgan fingerprint density at radius 3 is 2.56 bits per heavy atom. The van der Waals surface area contributed by atoms with Crippen LogP contribution in [0, 0.1) is 0 Å². The number of nitrogens with zero attached hydrogens (tertiary/aromatic N) is 5. The van der Waals surface area contributed by atoms with E-state index in [4.69, 9.17) is 5.73 Å². The third-order valence-electron chi connectivity index (χ3n) is 5.27. The number of carboxylic acid groups (broad SMARTS) is 1. The molecule has 1 fully saturated rings. The van der Waals surface area contributed by atoms with E-state index in [2.05, 4.69) is 40.8 Å². The van der Waals surface area contributed by atoms with Gasteiger partial charge in [-0.15, -0.1) is 0 Å². The first-order valence-electron chi connectivity index (χ1n) is 11.2. The van der Waals surface area contributed by atoms with Crippen molar-refractivity contribution < 1.29 is 9.90 Å². The van der Waals surface area contributed by atoms with Crippen LogP contribution in [0.15, 0.2) is 24.5 Å². The molecule has 6 N–H and O–H groups in total. The number of carbonyl (C=O) groups is 1. The number of nitrogens with one attached hydrogen (secondary N) is 3. The highest BCUT2D eigenvalue weighted by molar-refractivity contribution is 5.76. The van der Waals surface area contributed by atoms with Crippen LogP contribution < -0.4 is 21.7 Å². The second kappa shape index (κ2) is 12.7. The van der Waals surface area contributed by atoms with Crippen molar-refractivity contribution in [2.24, 2.45) is 5.73 Å². The summed E-state index contributed by atoms with van der Waals surface area (Å²) in [7, 11) is 0. The van der Waals surface area contributed by atoms with Crippen LogP contribution in [-0.2, 0) is 11.3 Å². The molecule has 0 bridgehead atoms. The highest BCUT2D eigenvalue weighted by atomic mass is 16.4. The van der Waals surface area contributed by atoms with E-state index in [-0.39, 0.29) is 5.95 Å². The van der Waals surface area contributed by atoms with Crippen molar-refractivity contribution in [1.82, 2.24) is 24.8 Å². The molecule has 32 heavy (non-hydrogen) atoms. The number of likely N-dealkylation sites (tertiary alicyclic amines) is 1. The number of rotatable bonds is 14. The molecular weight excluding hydrogens is 410 g/mol. The average Bonchev–Trinajstić information content (AvgIpc) is 3.31. The van der Waals surface area contributed by atoms with E-state index in [0.29, 0.717) is 44.4 Å². The van der Waals surface area contributed by atoms with Gasteiger partial charge < -0.3 is 31.7 Å². The molecule has 11 nitrogen and oxygen atoms in total. The number of unbranched alkanes of at least 4 members (excludes halogenated alkanes) is 1. The van der Waals surface area contributed by atoms with Gasteiger partial charge >= 0.3 is 5.97 Å². The van der Waals surface area contributed by atoms with Gasteiger partial charge in [0, 0.05) is 32.0 Å². The standard InChI is InChI=1S/C21H33N9O2/c22-8-2-1-7-17(18(31)32)26-21-28-19(24-10-13-30-11-3-4-12-30)27-20(29-21)25-15-16-6-5-9-23-14-16/h5-6,9,14,17H,1-4,7-8,10-13,15,22H2,(H,31,32)(H3,24,25,26,27,28,29). The van der Waals surface area contributed by atoms with Gasteiger partial charge in [-0.2, -0.15) is 15.0 Å². The van der Waals surface area contributed by atoms with Crippen molar-refractivity contribution in [2.45, 2.75) is 44.7 Å². The van der Waals surface area contributed by atoms with Crippen LogP contribution >= 0.6 is 0 Å². The quantitative estimate of drug-likeness (QED) is 0.269. The number of anilines is 3. The number of hydrogen-bond acceptors (Lipinski definition) is 10. The van der Waals surface area contributed by atoms with Gasteiger partial charge in [-0.05, 0) is 63.4 Å². The van der Waals surface area contributed by atoms with Crippen LogP contribution in [0.3, 0.4) is 0 Å². The number of pyridine rings is 1. The van der Waals surface area contributed by atoms with E-state index in [1.807, 2.05) is 12.1 Å². The van der Waals surface area contributed by atoms with Crippen LogP contribution in [0.1, 0.15) is 37.7 Å². The van der Waals surface area contributed by atoms with Crippen molar-refractivity contribution in [3.8, 4) is 0 Å². The molecule has 1 atom stereocenters. The predicted molar refractivity (Wildman–Crippen MR) is 124 cm³/mol. The lowest BCUT2D eigenvalue weighted by atomic mass is 10.1. The van der Waals surface area contributed by atoms with Gasteiger partial charge in [-0.3, -0.25) is 4.98 Å². The SMILES string of the molecule is NCCCCC(Nc1nc(NCCN2CCCC2)nc(NCc2cccnc2)n1)C(=O)O. The number of nitrogens with two attached hydrogens (primary N) is 1. The lowest BCUT2D eigenvalue weighted by molar-refractivity contribution is -0.138. The van der Waals surface area contributed by atoms with Gasteiger partial charge in [-0.25, -0.2) is 4.79 Å². The van der Waals surface area contributed by atoms with Crippen LogP contribution in [0.5, 0.6) is 0 Å². The maximum absolute atomic E-state index is 11.7. The molecule has 0 spiro atoms. The fourth-order valence-electron chi connectivity index (χ4n) is 3.52. The molecule has 0 aromatic carbocycles. The van der Waals surface area contributed by atoms with E-state index >= 15 is 0 Å². The normalized spacial score (nSPS) is 14.8. The topological polar surface area (TPSA) is 154 Å². The number of aliphatic carboxylic acids is 1. The molecule has 3 rings (SSSR count). The second-order valence-corrected chi connectivity index (χ2v) is 7.82. The lowest BCUT2D eigenvalue weighted by Crippen LogP contribution is -2.31. The third-order valence-corrected chi connectivity index (χ3v) is 5.27. The summed E-state index contributed by atoms with van der Waals surface area (Å²) < 4.78 is 0. The van der Waals surface area contributed by atoms with Crippen LogP contribution in [-0.4, -0.2) is 74.7 Å². The minimum atomic E-state index is -0.948. The zero-order valence-electron chi connectivity index (χ0n) is 18.3. The maximum Gasteiger partial charge on any atom is 0.326 e. The summed E-state index contributed by atoms with van der Waals surface area (Å²) in [6.07, 6.45) is 7.87. The Labute approximate surface area is 188 Å². The minimum Gasteiger partial charge on any atom is -0.480 e. The van der Waals surface area contributed by atoms with Gasteiger partial charge in [-0.1, -0.05) is 6.07 Å². The van der Waals surface area contributed by atoms with E-state index < -0.39 is 12.0 Å². The lowest BCUT2D eigenvalue weighted by Gasteiger charge is -2.17. The number of aromatic nitrogens is 4. The summed E-state index contributed by atoms with van der Waals surface area (Å²) in [5.74, 6) is 0.0379. The molecular formula is C21H33N9O2. The Bertz CT molecular complexity index is 831. The first-order valence-corrected chi connectivity index (χ1v) is 11.2. The Kier molecular flexibility index (Phi) is 9.38. The Morgan fingerprint density at radius 2 is 1.88 bits per heavy atom. The first kappa shape index (κ1) is 23.6. The molecule has 3 heterocycles. The summed E-state index contributed by atoms with van der Waals surface area (Å²) in [5, 5.41) is 18.9. The molecule has 0 amide bonds. The van der Waals surface area contributed by atoms with Gasteiger partial charge in [0.1, 0.15) is 6.04 Å². The average molecular weight is 444 g/mol. The van der Waals surface area contributed by atoms with Gasteiger partial charge in [0.05, 0.1) is 0 Å². The molecule has 11 heteroatoms. The summed E-state index contributed by atoms with van der Waals surface area (Å²) in [5.41, 5.74) is 6.51. The molecule has 0 saturated carbocycles. The van der Waals surface area contributed by atoms with E-state index in [1.165, 1.54) is 12.8 Å². The van der Waals surface area contributed by atoms with E-state index in [0.717, 1.165) is 31.6 Å². The molecule has 174 valence electrons. The third kappa shape index (κ3) is 7.89. The molecule has 0 aliphatic carbocycles. The smallest absolute Gasteiger partial charge is 0.326 e. The van der Waals surface area contributed by atoms with Crippen molar-refractivity contribution in [3.05, 3.63) is 30.1 Å². The first-order chi connectivity index (χ1) is 15.6. The summed E-state index contributed by atoms with van der Waals surface area (Å²) >= 11 is 0. The maximum atomic E-state index is 11.7. The second-order valence-electron chi connectivity index (χ2n) is 7.82. The molecule has 1 aliphatic rings. The number of hydrogen-bond donors (Lipinski definition) is 5. The molecule has 2 aromatic rings. The highest BCUT2D eigenvalue weighted by Crippen LogP contribution is 2.14. The molecule has 1 unspecified atom stereocenters. The molecule has 1 aliphatic heterocycles. The van der Waals surface area contributed by atoms with Crippen molar-refractivity contribution in [3.63, 3.8) is 0 Å². The van der Waals surface area contributed by atoms with Crippen molar-refractivity contribution in [1.29, 1.82) is 0 Å². The van der Waals surface area contributed by atoms with Gasteiger partial charge in [0.2, 0.25) is 17.8 Å². The zero-order chi connectivity index (χ0) is 22.6.